The zero-order chi connectivity index (χ0) is 18.8. The number of halogens is 1. The molecule has 0 aliphatic carbocycles. The summed E-state index contributed by atoms with van der Waals surface area (Å²) in [5, 5.41) is 4.36. The van der Waals surface area contributed by atoms with Gasteiger partial charge in [-0.05, 0) is 42.3 Å². The average Bonchev–Trinajstić information content (AvgIpc) is 2.66. The van der Waals surface area contributed by atoms with Crippen molar-refractivity contribution in [1.29, 1.82) is 0 Å². The maximum absolute atomic E-state index is 11.8. The molecule has 0 heterocycles. The van der Waals surface area contributed by atoms with E-state index >= 15 is 0 Å². The van der Waals surface area contributed by atoms with E-state index in [9.17, 15) is 4.79 Å². The first-order valence-electron chi connectivity index (χ1n) is 8.14. The number of hydrogen-bond donors (Lipinski definition) is 1. The highest BCUT2D eigenvalue weighted by Gasteiger charge is 2.06. The lowest BCUT2D eigenvalue weighted by atomic mass is 10.2. The number of carbonyl (C=O) groups is 1. The van der Waals surface area contributed by atoms with Gasteiger partial charge in [-0.2, -0.15) is 5.10 Å². The molecule has 0 aliphatic heterocycles. The molecule has 0 aliphatic rings. The van der Waals surface area contributed by atoms with Crippen molar-refractivity contribution in [3.8, 4) is 17.2 Å². The topological polar surface area (TPSA) is 69.2 Å². The third-order valence-corrected chi connectivity index (χ3v) is 3.56. The number of hydrogen-bond acceptors (Lipinski definition) is 5. The molecule has 2 rings (SSSR count). The summed E-state index contributed by atoms with van der Waals surface area (Å²) >= 11 is 5.96. The summed E-state index contributed by atoms with van der Waals surface area (Å²) in [6, 6.07) is 12.3. The first-order valence-corrected chi connectivity index (χ1v) is 8.52. The van der Waals surface area contributed by atoms with Crippen LogP contribution in [0.15, 0.2) is 47.6 Å². The largest absolute Gasteiger partial charge is 0.493 e. The average molecular weight is 377 g/mol. The van der Waals surface area contributed by atoms with E-state index in [1.165, 1.54) is 6.21 Å². The molecule has 0 bridgehead atoms. The fourth-order valence-electron chi connectivity index (χ4n) is 2.01. The zero-order valence-corrected chi connectivity index (χ0v) is 15.5. The van der Waals surface area contributed by atoms with Gasteiger partial charge in [0.1, 0.15) is 5.75 Å². The molecule has 0 aromatic heterocycles. The zero-order valence-electron chi connectivity index (χ0n) is 14.7. The summed E-state index contributed by atoms with van der Waals surface area (Å²) in [7, 11) is 1.57. The van der Waals surface area contributed by atoms with Gasteiger partial charge in [-0.1, -0.05) is 30.7 Å². The van der Waals surface area contributed by atoms with E-state index in [1.54, 1.807) is 43.5 Å². The number of methoxy groups -OCH3 is 1. The van der Waals surface area contributed by atoms with E-state index in [0.29, 0.717) is 28.9 Å². The maximum Gasteiger partial charge on any atom is 0.277 e. The number of hydrazone groups is 1. The van der Waals surface area contributed by atoms with Crippen molar-refractivity contribution in [3.63, 3.8) is 0 Å². The molecule has 1 N–H and O–H groups in total. The number of carbonyl (C=O) groups excluding carboxylic acids is 1. The Morgan fingerprint density at radius 1 is 1.15 bits per heavy atom. The number of ether oxygens (including phenoxy) is 3. The predicted molar refractivity (Wildman–Crippen MR) is 101 cm³/mol. The molecular weight excluding hydrogens is 356 g/mol. The maximum atomic E-state index is 11.8. The van der Waals surface area contributed by atoms with Gasteiger partial charge < -0.3 is 14.2 Å². The van der Waals surface area contributed by atoms with Crippen LogP contribution in [0.25, 0.3) is 0 Å². The van der Waals surface area contributed by atoms with Crippen molar-refractivity contribution in [2.75, 3.05) is 20.3 Å². The molecule has 2 aromatic rings. The van der Waals surface area contributed by atoms with Crippen molar-refractivity contribution in [2.24, 2.45) is 5.10 Å². The Morgan fingerprint density at radius 2 is 1.96 bits per heavy atom. The van der Waals surface area contributed by atoms with E-state index in [2.05, 4.69) is 10.5 Å². The van der Waals surface area contributed by atoms with Crippen molar-refractivity contribution in [2.45, 2.75) is 13.3 Å². The molecule has 0 radical (unpaired) electrons. The first kappa shape index (κ1) is 19.6. The second-order valence-corrected chi connectivity index (χ2v) is 5.68. The fourth-order valence-corrected chi connectivity index (χ4v) is 2.20. The minimum absolute atomic E-state index is 0.186. The van der Waals surface area contributed by atoms with Crippen molar-refractivity contribution in [1.82, 2.24) is 5.43 Å². The Labute approximate surface area is 157 Å². The molecule has 0 fully saturated rings. The van der Waals surface area contributed by atoms with Crippen molar-refractivity contribution < 1.29 is 19.0 Å². The van der Waals surface area contributed by atoms with Crippen LogP contribution >= 0.6 is 11.6 Å². The van der Waals surface area contributed by atoms with Crippen LogP contribution in [0.4, 0.5) is 0 Å². The lowest BCUT2D eigenvalue weighted by Gasteiger charge is -2.10. The van der Waals surface area contributed by atoms with Crippen LogP contribution < -0.4 is 19.6 Å². The molecule has 0 saturated carbocycles. The predicted octanol–water partition coefficient (Wildman–Crippen LogP) is 3.67. The molecule has 7 heteroatoms. The SMILES string of the molecule is CCCOc1ccc(/C=N/NC(=O)COc2ccccc2Cl)cc1OC. The molecule has 0 unspecified atom stereocenters. The molecule has 138 valence electrons. The summed E-state index contributed by atoms with van der Waals surface area (Å²) in [6.07, 6.45) is 2.42. The van der Waals surface area contributed by atoms with Crippen LogP contribution in [0.5, 0.6) is 17.2 Å². The van der Waals surface area contributed by atoms with Gasteiger partial charge in [0, 0.05) is 0 Å². The third kappa shape index (κ3) is 5.97. The number of nitrogens with zero attached hydrogens (tertiary/aromatic N) is 1. The first-order chi connectivity index (χ1) is 12.6. The van der Waals surface area contributed by atoms with Gasteiger partial charge in [0.05, 0.1) is 25.0 Å². The minimum atomic E-state index is -0.393. The Kier molecular flexibility index (Phi) is 7.76. The van der Waals surface area contributed by atoms with Gasteiger partial charge in [0.25, 0.3) is 5.91 Å². The lowest BCUT2D eigenvalue weighted by molar-refractivity contribution is -0.123. The van der Waals surface area contributed by atoms with Gasteiger partial charge >= 0.3 is 0 Å². The number of nitrogens with one attached hydrogen (secondary N) is 1. The molecule has 0 saturated heterocycles. The highest BCUT2D eigenvalue weighted by Crippen LogP contribution is 2.27. The Bertz CT molecular complexity index is 765. The quantitative estimate of drug-likeness (QED) is 0.535. The summed E-state index contributed by atoms with van der Waals surface area (Å²) in [5.41, 5.74) is 3.16. The van der Waals surface area contributed by atoms with E-state index in [-0.39, 0.29) is 6.61 Å². The molecule has 2 aromatic carbocycles. The van der Waals surface area contributed by atoms with Crippen LogP contribution in [-0.4, -0.2) is 32.4 Å². The Balaban J connectivity index is 1.87. The number of amides is 1. The van der Waals surface area contributed by atoms with Gasteiger partial charge in [0.2, 0.25) is 0 Å². The summed E-state index contributed by atoms with van der Waals surface area (Å²) in [4.78, 5) is 11.8. The highest BCUT2D eigenvalue weighted by molar-refractivity contribution is 6.32. The molecule has 6 nitrogen and oxygen atoms in total. The molecule has 0 atom stereocenters. The van der Waals surface area contributed by atoms with Gasteiger partial charge in [-0.25, -0.2) is 5.43 Å². The molecule has 0 spiro atoms. The third-order valence-electron chi connectivity index (χ3n) is 3.25. The van der Waals surface area contributed by atoms with Gasteiger partial charge in [-0.15, -0.1) is 0 Å². The summed E-state index contributed by atoms with van der Waals surface area (Å²) in [5.74, 6) is 1.33. The normalized spacial score (nSPS) is 10.6. The molecule has 1 amide bonds. The minimum Gasteiger partial charge on any atom is -0.493 e. The van der Waals surface area contributed by atoms with E-state index < -0.39 is 5.91 Å². The second kappa shape index (κ2) is 10.3. The van der Waals surface area contributed by atoms with Crippen LogP contribution in [0.2, 0.25) is 5.02 Å². The van der Waals surface area contributed by atoms with Crippen LogP contribution in [0.3, 0.4) is 0 Å². The summed E-state index contributed by atoms with van der Waals surface area (Å²) < 4.78 is 16.2. The van der Waals surface area contributed by atoms with Crippen molar-refractivity contribution in [3.05, 3.63) is 53.1 Å². The van der Waals surface area contributed by atoms with Crippen molar-refractivity contribution >= 4 is 23.7 Å². The smallest absolute Gasteiger partial charge is 0.277 e. The number of rotatable bonds is 9. The highest BCUT2D eigenvalue weighted by atomic mass is 35.5. The summed E-state index contributed by atoms with van der Waals surface area (Å²) in [6.45, 7) is 2.46. The second-order valence-electron chi connectivity index (χ2n) is 5.27. The number of para-hydroxylation sites is 1. The number of benzene rings is 2. The fraction of sp³-hybridized carbons (Fsp3) is 0.263. The van der Waals surface area contributed by atoms with E-state index in [0.717, 1.165) is 12.0 Å². The van der Waals surface area contributed by atoms with Gasteiger partial charge in [-0.3, -0.25) is 4.79 Å². The van der Waals surface area contributed by atoms with Gasteiger partial charge in [0.15, 0.2) is 18.1 Å². The lowest BCUT2D eigenvalue weighted by Crippen LogP contribution is -2.24. The Morgan fingerprint density at radius 3 is 2.69 bits per heavy atom. The van der Waals surface area contributed by atoms with E-state index in [1.807, 2.05) is 13.0 Å². The standard InChI is InChI=1S/C19H21ClN2O4/c1-3-10-25-17-9-8-14(11-18(17)24-2)12-21-22-19(23)13-26-16-7-5-4-6-15(16)20/h4-9,11-12H,3,10,13H2,1-2H3,(H,22,23)/b21-12+. The molecule has 26 heavy (non-hydrogen) atoms. The van der Waals surface area contributed by atoms with Crippen LogP contribution in [-0.2, 0) is 4.79 Å². The van der Waals surface area contributed by atoms with E-state index in [4.69, 9.17) is 25.8 Å². The monoisotopic (exact) mass is 376 g/mol. The Hall–Kier alpha value is -2.73. The molecular formula is C19H21ClN2O4. The van der Waals surface area contributed by atoms with Crippen LogP contribution in [0.1, 0.15) is 18.9 Å². The van der Waals surface area contributed by atoms with Crippen LogP contribution in [0, 0.1) is 0 Å².